The van der Waals surface area contributed by atoms with Crippen molar-refractivity contribution in [3.05, 3.63) is 158 Å². The van der Waals surface area contributed by atoms with Crippen molar-refractivity contribution >= 4 is 19.7 Å². The summed E-state index contributed by atoms with van der Waals surface area (Å²) < 4.78 is 30.6. The number of unbranched alkanes of at least 4 members (excludes halogenated alkanes) is 19. The lowest BCUT2D eigenvalue weighted by atomic mass is 10.0. The zero-order valence-electron chi connectivity index (χ0n) is 51.5. The number of quaternary nitrogens is 1. The quantitative estimate of drug-likeness (QED) is 0.0156. The Bertz CT molecular complexity index is 1920. The fourth-order valence-corrected chi connectivity index (χ4v) is 8.83. The number of allylic oxidation sites excluding steroid dienone is 25. The molecule has 10 heteroatoms. The minimum Gasteiger partial charge on any atom is -0.456 e. The predicted molar refractivity (Wildman–Crippen MR) is 345 cm³/mol. The van der Waals surface area contributed by atoms with Gasteiger partial charge >= 0.3 is 13.8 Å². The smallest absolute Gasteiger partial charge is 0.456 e. The van der Waals surface area contributed by atoms with Gasteiger partial charge in [0, 0.05) is 12.8 Å². The monoisotopic (exact) mass is 1130 g/mol. The Balaban J connectivity index is 5.33. The summed E-state index contributed by atoms with van der Waals surface area (Å²) in [5.74, 6) is -0.587. The molecule has 0 spiro atoms. The number of esters is 1. The lowest BCUT2D eigenvalue weighted by Crippen LogP contribution is -2.47. The normalized spacial score (nSPS) is 14.7. The zero-order valence-corrected chi connectivity index (χ0v) is 52.4. The van der Waals surface area contributed by atoms with Gasteiger partial charge in [-0.1, -0.05) is 263 Å². The van der Waals surface area contributed by atoms with Crippen molar-refractivity contribution in [2.75, 3.05) is 40.9 Å². The third-order valence-corrected chi connectivity index (χ3v) is 13.9. The minimum atomic E-state index is -4.48. The van der Waals surface area contributed by atoms with E-state index in [0.29, 0.717) is 30.3 Å². The Morgan fingerprint density at radius 3 is 1.36 bits per heavy atom. The number of phosphoric ester groups is 1. The van der Waals surface area contributed by atoms with Crippen LogP contribution in [0.4, 0.5) is 0 Å². The summed E-state index contributed by atoms with van der Waals surface area (Å²) in [6.07, 6.45) is 85.3. The third-order valence-electron chi connectivity index (χ3n) is 12.9. The van der Waals surface area contributed by atoms with Crippen molar-refractivity contribution < 1.29 is 37.3 Å². The molecule has 2 N–H and O–H groups in total. The van der Waals surface area contributed by atoms with Crippen LogP contribution >= 0.6 is 7.82 Å². The molecule has 0 radical (unpaired) electrons. The Morgan fingerprint density at radius 1 is 0.463 bits per heavy atom. The summed E-state index contributed by atoms with van der Waals surface area (Å²) in [6, 6.07) is -0.888. The van der Waals surface area contributed by atoms with E-state index < -0.39 is 20.0 Å². The molecule has 9 nitrogen and oxygen atoms in total. The van der Waals surface area contributed by atoms with Crippen LogP contribution in [-0.2, 0) is 27.9 Å². The molecule has 0 saturated heterocycles. The SMILES string of the molecule is CC\C=C/C=C/C=C/C=C\C=C\C=C\CCCCCC(=O)OC(/C=C\CCCCCCCCCCCC)C(COP(=O)(O)OCC[N+](C)(C)C)NC(=O)CCCCCCCC/C=C\C/C=C\C/C=C\C/C=C\C/C=C\C/C=C\CC. The van der Waals surface area contributed by atoms with E-state index in [9.17, 15) is 19.0 Å². The molecule has 0 fully saturated rings. The van der Waals surface area contributed by atoms with Gasteiger partial charge in [-0.15, -0.1) is 0 Å². The number of amides is 1. The number of carbonyl (C=O) groups is 2. The van der Waals surface area contributed by atoms with Gasteiger partial charge < -0.3 is 19.4 Å². The van der Waals surface area contributed by atoms with E-state index in [-0.39, 0.29) is 31.5 Å². The van der Waals surface area contributed by atoms with Crippen LogP contribution in [0.5, 0.6) is 0 Å². The number of hydrogen-bond acceptors (Lipinski definition) is 6. The van der Waals surface area contributed by atoms with Crippen LogP contribution in [0.15, 0.2) is 158 Å². The second kappa shape index (κ2) is 57.8. The topological polar surface area (TPSA) is 111 Å². The molecule has 0 aliphatic heterocycles. The number of likely N-dealkylation sites (N-methyl/N-ethyl adjacent to an activating group) is 1. The molecule has 0 rings (SSSR count). The van der Waals surface area contributed by atoms with Crippen LogP contribution < -0.4 is 5.32 Å². The number of phosphoric acid groups is 1. The largest absolute Gasteiger partial charge is 0.472 e. The van der Waals surface area contributed by atoms with Gasteiger partial charge in [0.1, 0.15) is 19.3 Å². The van der Waals surface area contributed by atoms with E-state index in [1.807, 2.05) is 94.1 Å². The van der Waals surface area contributed by atoms with Crippen LogP contribution in [0.2, 0.25) is 0 Å². The number of nitrogens with zero attached hydrogens (tertiary/aromatic N) is 1. The molecule has 80 heavy (non-hydrogen) atoms. The lowest BCUT2D eigenvalue weighted by molar-refractivity contribution is -0.870. The second-order valence-corrected chi connectivity index (χ2v) is 23.1. The maximum absolute atomic E-state index is 13.6. The highest BCUT2D eigenvalue weighted by atomic mass is 31.2. The van der Waals surface area contributed by atoms with Crippen molar-refractivity contribution in [2.45, 2.75) is 232 Å². The zero-order chi connectivity index (χ0) is 58.6. The molecule has 3 unspecified atom stereocenters. The third kappa shape index (κ3) is 58.3. The predicted octanol–water partition coefficient (Wildman–Crippen LogP) is 19.6. The van der Waals surface area contributed by atoms with Gasteiger partial charge in [-0.2, -0.15) is 0 Å². The van der Waals surface area contributed by atoms with Gasteiger partial charge in [-0.3, -0.25) is 18.6 Å². The van der Waals surface area contributed by atoms with Crippen LogP contribution in [-0.4, -0.2) is 74.3 Å². The second-order valence-electron chi connectivity index (χ2n) is 21.6. The first-order chi connectivity index (χ1) is 38.9. The van der Waals surface area contributed by atoms with Crippen molar-refractivity contribution in [1.29, 1.82) is 0 Å². The van der Waals surface area contributed by atoms with E-state index in [1.165, 1.54) is 51.4 Å². The van der Waals surface area contributed by atoms with Gasteiger partial charge in [-0.25, -0.2) is 4.57 Å². The van der Waals surface area contributed by atoms with Gasteiger partial charge in [-0.05, 0) is 102 Å². The maximum atomic E-state index is 13.6. The van der Waals surface area contributed by atoms with E-state index >= 15 is 0 Å². The molecule has 1 amide bonds. The van der Waals surface area contributed by atoms with Gasteiger partial charge in [0.2, 0.25) is 5.91 Å². The van der Waals surface area contributed by atoms with Crippen molar-refractivity contribution in [3.63, 3.8) is 0 Å². The molecular weight excluding hydrogens is 1010 g/mol. The van der Waals surface area contributed by atoms with Crippen molar-refractivity contribution in [2.24, 2.45) is 0 Å². The van der Waals surface area contributed by atoms with Crippen LogP contribution in [0.3, 0.4) is 0 Å². The van der Waals surface area contributed by atoms with Crippen molar-refractivity contribution in [1.82, 2.24) is 5.32 Å². The standard InChI is InChI=1S/C70H115N2O7P/c1-7-10-13-16-19-22-25-28-30-32-33-34-35-36-37-38-39-41-42-44-47-50-53-56-59-62-69(73)71-67(66-78-80(75,76)77-65-64-72(4,5)6)68(61-58-55-52-49-46-27-24-21-18-15-12-9-3)79-70(74)63-60-57-54-51-48-45-43-40-31-29-26-23-20-17-14-11-8-2/h10-11,13-14,17,19-20,22-23,26,28-31,33-34,36-37,39-41,43,45,48,58,61,67-68H,7-9,12,15-16,18,21,24-25,27,32,35,38,42,44,46-47,49-57,59-60,62-66H2,1-6H3,(H-,71,73,75,76)/p+1/b13-10-,14-11-,20-17+,22-19-,26-23+,30-28-,31-29-,34-33-,37-36-,41-39-,43-40+,48-45+,61-58-. The minimum absolute atomic E-state index is 0.0195. The molecule has 0 aromatic rings. The number of ether oxygens (including phenoxy) is 1. The fraction of sp³-hybridized carbons (Fsp3) is 0.600. The van der Waals surface area contributed by atoms with E-state index in [1.54, 1.807) is 0 Å². The molecule has 0 aromatic heterocycles. The van der Waals surface area contributed by atoms with Gasteiger partial charge in [0.05, 0.1) is 33.8 Å². The molecular formula is C70H116N2O7P+. The van der Waals surface area contributed by atoms with E-state index in [4.69, 9.17) is 13.8 Å². The molecule has 0 bridgehead atoms. The van der Waals surface area contributed by atoms with Crippen LogP contribution in [0, 0.1) is 0 Å². The fourth-order valence-electron chi connectivity index (χ4n) is 8.09. The van der Waals surface area contributed by atoms with Crippen molar-refractivity contribution in [3.8, 4) is 0 Å². The highest BCUT2D eigenvalue weighted by molar-refractivity contribution is 7.47. The number of hydrogen-bond donors (Lipinski definition) is 2. The van der Waals surface area contributed by atoms with Crippen LogP contribution in [0.1, 0.15) is 220 Å². The summed E-state index contributed by atoms with van der Waals surface area (Å²) >= 11 is 0. The van der Waals surface area contributed by atoms with Gasteiger partial charge in [0.25, 0.3) is 0 Å². The summed E-state index contributed by atoms with van der Waals surface area (Å²) in [5.41, 5.74) is 0. The average Bonchev–Trinajstić information content (AvgIpc) is 3.42. The summed E-state index contributed by atoms with van der Waals surface area (Å²) in [4.78, 5) is 37.7. The Hall–Kier alpha value is -4.37. The Labute approximate surface area is 490 Å². The van der Waals surface area contributed by atoms with E-state index in [2.05, 4.69) is 111 Å². The van der Waals surface area contributed by atoms with Gasteiger partial charge in [0.15, 0.2) is 0 Å². The molecule has 0 aliphatic carbocycles. The van der Waals surface area contributed by atoms with Crippen LogP contribution in [0.25, 0.3) is 0 Å². The number of nitrogens with one attached hydrogen (secondary N) is 1. The first-order valence-corrected chi connectivity index (χ1v) is 32.9. The molecule has 0 aliphatic rings. The molecule has 0 aromatic carbocycles. The highest BCUT2D eigenvalue weighted by Crippen LogP contribution is 2.43. The molecule has 0 heterocycles. The summed E-state index contributed by atoms with van der Waals surface area (Å²) in [7, 11) is 1.43. The molecule has 0 saturated carbocycles. The number of carbonyl (C=O) groups excluding carboxylic acids is 2. The first kappa shape index (κ1) is 75.6. The number of rotatable bonds is 54. The van der Waals surface area contributed by atoms with E-state index in [0.717, 1.165) is 122 Å². The average molecular weight is 1130 g/mol. The maximum Gasteiger partial charge on any atom is 0.472 e. The molecule has 3 atom stereocenters. The lowest BCUT2D eigenvalue weighted by Gasteiger charge is -2.27. The Morgan fingerprint density at radius 2 is 0.863 bits per heavy atom. The summed E-state index contributed by atoms with van der Waals surface area (Å²) in [6.45, 7) is 6.68. The first-order valence-electron chi connectivity index (χ1n) is 31.4. The summed E-state index contributed by atoms with van der Waals surface area (Å²) in [5, 5.41) is 3.03. The highest BCUT2D eigenvalue weighted by Gasteiger charge is 2.30. The Kier molecular flexibility index (Phi) is 54.7. The molecule has 452 valence electrons.